The molecule has 0 atom stereocenters. The lowest BCUT2D eigenvalue weighted by Crippen LogP contribution is -2.22. The Morgan fingerprint density at radius 2 is 1.68 bits per heavy atom. The summed E-state index contributed by atoms with van der Waals surface area (Å²) in [6, 6.07) is 7.01. The summed E-state index contributed by atoms with van der Waals surface area (Å²) in [6.45, 7) is 0. The normalized spacial score (nSPS) is 11.7. The SMILES string of the molecule is CN(C)S(=O)(=O)c1ccc(Oc2ccc(F)cc2F)c(Br)c1. The minimum atomic E-state index is -3.58. The molecule has 8 heteroatoms. The zero-order valence-corrected chi connectivity index (χ0v) is 14.1. The van der Waals surface area contributed by atoms with E-state index in [1.807, 2.05) is 0 Å². The molecule has 2 aromatic carbocycles. The average Bonchev–Trinajstić information content (AvgIpc) is 2.43. The second kappa shape index (κ2) is 6.31. The Morgan fingerprint density at radius 1 is 1.05 bits per heavy atom. The summed E-state index contributed by atoms with van der Waals surface area (Å²) in [6.07, 6.45) is 0. The fourth-order valence-corrected chi connectivity index (χ4v) is 3.15. The maximum atomic E-state index is 13.6. The molecule has 2 aromatic rings. The van der Waals surface area contributed by atoms with Crippen LogP contribution >= 0.6 is 15.9 Å². The molecule has 0 aliphatic heterocycles. The summed E-state index contributed by atoms with van der Waals surface area (Å²) >= 11 is 3.18. The average molecular weight is 392 g/mol. The number of halogens is 3. The van der Waals surface area contributed by atoms with Gasteiger partial charge in [0.05, 0.1) is 9.37 Å². The standard InChI is InChI=1S/C14H12BrF2NO3S/c1-18(2)22(19,20)10-4-6-13(11(15)8-10)21-14-5-3-9(16)7-12(14)17/h3-8H,1-2H3. The zero-order valence-electron chi connectivity index (χ0n) is 11.7. The third kappa shape index (κ3) is 3.45. The second-order valence-corrected chi connectivity index (χ2v) is 7.56. The first kappa shape index (κ1) is 16.9. The van der Waals surface area contributed by atoms with Crippen LogP contribution in [0, 0.1) is 11.6 Å². The molecule has 0 bridgehead atoms. The Balaban J connectivity index is 2.35. The van der Waals surface area contributed by atoms with Crippen molar-refractivity contribution in [3.8, 4) is 11.5 Å². The molecule has 0 saturated carbocycles. The van der Waals surface area contributed by atoms with Crippen molar-refractivity contribution in [2.75, 3.05) is 14.1 Å². The zero-order chi connectivity index (χ0) is 16.5. The first-order valence-corrected chi connectivity index (χ1v) is 8.30. The molecule has 0 saturated heterocycles. The van der Waals surface area contributed by atoms with Crippen molar-refractivity contribution in [3.63, 3.8) is 0 Å². The van der Waals surface area contributed by atoms with E-state index in [1.54, 1.807) is 0 Å². The van der Waals surface area contributed by atoms with Gasteiger partial charge in [-0.3, -0.25) is 0 Å². The van der Waals surface area contributed by atoms with Crippen LogP contribution in [0.3, 0.4) is 0 Å². The van der Waals surface area contributed by atoms with Gasteiger partial charge in [0.15, 0.2) is 11.6 Å². The van der Waals surface area contributed by atoms with E-state index in [1.165, 1.54) is 32.3 Å². The van der Waals surface area contributed by atoms with Gasteiger partial charge in [0.1, 0.15) is 11.6 Å². The minimum Gasteiger partial charge on any atom is -0.453 e. The molecule has 0 heterocycles. The van der Waals surface area contributed by atoms with Crippen LogP contribution in [-0.4, -0.2) is 26.8 Å². The summed E-state index contributed by atoms with van der Waals surface area (Å²) in [7, 11) is -0.742. The van der Waals surface area contributed by atoms with Gasteiger partial charge in [-0.1, -0.05) is 0 Å². The molecule has 2 rings (SSSR count). The van der Waals surface area contributed by atoms with Crippen molar-refractivity contribution < 1.29 is 21.9 Å². The number of benzene rings is 2. The van der Waals surface area contributed by atoms with E-state index in [0.717, 1.165) is 16.4 Å². The van der Waals surface area contributed by atoms with Crippen LogP contribution in [0.4, 0.5) is 8.78 Å². The molecule has 4 nitrogen and oxygen atoms in total. The first-order chi connectivity index (χ1) is 10.2. The van der Waals surface area contributed by atoms with Crippen molar-refractivity contribution in [1.82, 2.24) is 4.31 Å². The summed E-state index contributed by atoms with van der Waals surface area (Å²) in [5, 5.41) is 0. The Labute approximate surface area is 135 Å². The molecule has 0 radical (unpaired) electrons. The first-order valence-electron chi connectivity index (χ1n) is 6.07. The highest BCUT2D eigenvalue weighted by Gasteiger charge is 2.19. The van der Waals surface area contributed by atoms with E-state index in [9.17, 15) is 17.2 Å². The molecule has 0 amide bonds. The molecule has 0 aliphatic rings. The summed E-state index contributed by atoms with van der Waals surface area (Å²) in [5.74, 6) is -1.51. The van der Waals surface area contributed by atoms with Gasteiger partial charge in [0, 0.05) is 20.2 Å². The lowest BCUT2D eigenvalue weighted by molar-refractivity contribution is 0.435. The van der Waals surface area contributed by atoms with Crippen LogP contribution in [0.5, 0.6) is 11.5 Å². The molecule has 0 unspecified atom stereocenters. The minimum absolute atomic E-state index is 0.0660. The second-order valence-electron chi connectivity index (χ2n) is 4.56. The van der Waals surface area contributed by atoms with E-state index in [-0.39, 0.29) is 16.4 Å². The predicted molar refractivity (Wildman–Crippen MR) is 81.4 cm³/mol. The largest absolute Gasteiger partial charge is 0.453 e. The number of hydrogen-bond donors (Lipinski definition) is 0. The molecule has 0 aliphatic carbocycles. The highest BCUT2D eigenvalue weighted by molar-refractivity contribution is 9.10. The van der Waals surface area contributed by atoms with E-state index < -0.39 is 21.7 Å². The number of rotatable bonds is 4. The number of nitrogens with zero attached hydrogens (tertiary/aromatic N) is 1. The van der Waals surface area contributed by atoms with Crippen molar-refractivity contribution in [2.24, 2.45) is 0 Å². The monoisotopic (exact) mass is 391 g/mol. The van der Waals surface area contributed by atoms with Crippen LogP contribution in [0.25, 0.3) is 0 Å². The molecular weight excluding hydrogens is 380 g/mol. The van der Waals surface area contributed by atoms with Crippen molar-refractivity contribution in [3.05, 3.63) is 52.5 Å². The highest BCUT2D eigenvalue weighted by Crippen LogP contribution is 2.33. The molecular formula is C14H12BrF2NO3S. The van der Waals surface area contributed by atoms with E-state index >= 15 is 0 Å². The van der Waals surface area contributed by atoms with Crippen LogP contribution in [0.2, 0.25) is 0 Å². The van der Waals surface area contributed by atoms with Gasteiger partial charge in [-0.15, -0.1) is 0 Å². The van der Waals surface area contributed by atoms with Gasteiger partial charge in [0.25, 0.3) is 0 Å². The molecule has 0 spiro atoms. The fraction of sp³-hybridized carbons (Fsp3) is 0.143. The van der Waals surface area contributed by atoms with Crippen molar-refractivity contribution >= 4 is 26.0 Å². The Bertz CT molecular complexity index is 810. The van der Waals surface area contributed by atoms with E-state index in [2.05, 4.69) is 15.9 Å². The number of sulfonamides is 1. The Kier molecular flexibility index (Phi) is 4.84. The Morgan fingerprint density at radius 3 is 2.23 bits per heavy atom. The summed E-state index contributed by atoms with van der Waals surface area (Å²) < 4.78 is 57.2. The van der Waals surface area contributed by atoms with Gasteiger partial charge in [-0.05, 0) is 46.3 Å². The van der Waals surface area contributed by atoms with Crippen LogP contribution in [-0.2, 0) is 10.0 Å². The van der Waals surface area contributed by atoms with Gasteiger partial charge in [-0.25, -0.2) is 21.5 Å². The van der Waals surface area contributed by atoms with Gasteiger partial charge in [-0.2, -0.15) is 0 Å². The smallest absolute Gasteiger partial charge is 0.242 e. The third-order valence-electron chi connectivity index (χ3n) is 2.80. The lowest BCUT2D eigenvalue weighted by atomic mass is 10.3. The van der Waals surface area contributed by atoms with Crippen molar-refractivity contribution in [1.29, 1.82) is 0 Å². The van der Waals surface area contributed by atoms with Crippen molar-refractivity contribution in [2.45, 2.75) is 4.90 Å². The quantitative estimate of drug-likeness (QED) is 0.796. The maximum Gasteiger partial charge on any atom is 0.242 e. The van der Waals surface area contributed by atoms with Crippen LogP contribution < -0.4 is 4.74 Å². The highest BCUT2D eigenvalue weighted by atomic mass is 79.9. The molecule has 0 aromatic heterocycles. The Hall–Kier alpha value is -1.51. The number of ether oxygens (including phenoxy) is 1. The van der Waals surface area contributed by atoms with Gasteiger partial charge >= 0.3 is 0 Å². The fourth-order valence-electron chi connectivity index (χ4n) is 1.61. The number of hydrogen-bond acceptors (Lipinski definition) is 3. The van der Waals surface area contributed by atoms with Crippen LogP contribution in [0.15, 0.2) is 45.8 Å². The summed E-state index contributed by atoms with van der Waals surface area (Å²) in [5.41, 5.74) is 0. The third-order valence-corrected chi connectivity index (χ3v) is 5.23. The van der Waals surface area contributed by atoms with E-state index in [4.69, 9.17) is 4.74 Å². The molecule has 118 valence electrons. The molecule has 0 fully saturated rings. The lowest BCUT2D eigenvalue weighted by Gasteiger charge is -2.13. The maximum absolute atomic E-state index is 13.6. The van der Waals surface area contributed by atoms with E-state index in [0.29, 0.717) is 10.5 Å². The molecule has 0 N–H and O–H groups in total. The van der Waals surface area contributed by atoms with Gasteiger partial charge < -0.3 is 4.74 Å². The molecule has 22 heavy (non-hydrogen) atoms. The van der Waals surface area contributed by atoms with Crippen LogP contribution in [0.1, 0.15) is 0 Å². The van der Waals surface area contributed by atoms with Gasteiger partial charge in [0.2, 0.25) is 10.0 Å². The topological polar surface area (TPSA) is 46.6 Å². The summed E-state index contributed by atoms with van der Waals surface area (Å²) in [4.78, 5) is 0.0660. The predicted octanol–water partition coefficient (Wildman–Crippen LogP) is 3.77.